The summed E-state index contributed by atoms with van der Waals surface area (Å²) in [5, 5.41) is 12.0. The van der Waals surface area contributed by atoms with Crippen LogP contribution in [0.15, 0.2) is 11.8 Å². The minimum Gasteiger partial charge on any atom is -0.396 e. The summed E-state index contributed by atoms with van der Waals surface area (Å²) in [6.45, 7) is 2.44. The fourth-order valence-corrected chi connectivity index (χ4v) is 2.74. The number of aliphatic hydroxyl groups is 1. The first-order valence-corrected chi connectivity index (χ1v) is 7.25. The number of urea groups is 1. The van der Waals surface area contributed by atoms with Crippen molar-refractivity contribution in [2.75, 3.05) is 26.4 Å². The highest BCUT2D eigenvalue weighted by atomic mass is 16.5. The molecule has 1 unspecified atom stereocenters. The second kappa shape index (κ2) is 7.50. The summed E-state index contributed by atoms with van der Waals surface area (Å²) in [5.74, 6) is 0. The maximum Gasteiger partial charge on any atom is 0.321 e. The molecular formula is C14H24N2O3. The number of carbonyl (C=O) groups is 1. The van der Waals surface area contributed by atoms with Crippen LogP contribution in [0.25, 0.3) is 0 Å². The van der Waals surface area contributed by atoms with Gasteiger partial charge in [0.15, 0.2) is 0 Å². The van der Waals surface area contributed by atoms with Crippen LogP contribution in [0.4, 0.5) is 4.79 Å². The lowest BCUT2D eigenvalue weighted by Crippen LogP contribution is -2.47. The van der Waals surface area contributed by atoms with Crippen molar-refractivity contribution in [3.63, 3.8) is 0 Å². The molecule has 1 atom stereocenters. The highest BCUT2D eigenvalue weighted by Gasteiger charge is 2.25. The summed E-state index contributed by atoms with van der Waals surface area (Å²) in [4.78, 5) is 14.1. The lowest BCUT2D eigenvalue weighted by Gasteiger charge is -2.35. The van der Waals surface area contributed by atoms with Gasteiger partial charge in [0.25, 0.3) is 0 Å². The van der Waals surface area contributed by atoms with E-state index in [-0.39, 0.29) is 18.7 Å². The molecule has 2 heterocycles. The number of hydrogen-bond donors (Lipinski definition) is 2. The average molecular weight is 268 g/mol. The summed E-state index contributed by atoms with van der Waals surface area (Å²) in [6, 6.07) is 0.156. The molecular weight excluding hydrogens is 244 g/mol. The Bertz CT molecular complexity index is 321. The molecule has 2 rings (SSSR count). The van der Waals surface area contributed by atoms with Crippen LogP contribution in [0.1, 0.15) is 38.5 Å². The van der Waals surface area contributed by atoms with Gasteiger partial charge >= 0.3 is 6.03 Å². The van der Waals surface area contributed by atoms with Crippen LogP contribution >= 0.6 is 0 Å². The molecule has 0 saturated carbocycles. The van der Waals surface area contributed by atoms with Gasteiger partial charge in [-0.3, -0.25) is 0 Å². The first-order valence-electron chi connectivity index (χ1n) is 7.25. The highest BCUT2D eigenvalue weighted by Crippen LogP contribution is 2.19. The van der Waals surface area contributed by atoms with E-state index in [9.17, 15) is 4.79 Å². The van der Waals surface area contributed by atoms with Crippen LogP contribution < -0.4 is 5.32 Å². The fourth-order valence-electron chi connectivity index (χ4n) is 2.74. The number of nitrogens with one attached hydrogen (secondary N) is 1. The SMILES string of the molecule is O=C(NC=C1CCOCC1)N1CCCCC1CCO. The van der Waals surface area contributed by atoms with Crippen LogP contribution in [0.2, 0.25) is 0 Å². The van der Waals surface area contributed by atoms with Gasteiger partial charge in [0, 0.05) is 25.4 Å². The predicted octanol–water partition coefficient (Wildman–Crippen LogP) is 1.63. The van der Waals surface area contributed by atoms with E-state index < -0.39 is 0 Å². The van der Waals surface area contributed by atoms with Crippen molar-refractivity contribution in [2.45, 2.75) is 44.6 Å². The second-order valence-corrected chi connectivity index (χ2v) is 5.22. The molecule has 108 valence electrons. The predicted molar refractivity (Wildman–Crippen MR) is 72.7 cm³/mol. The Balaban J connectivity index is 1.86. The van der Waals surface area contributed by atoms with Crippen molar-refractivity contribution in [1.29, 1.82) is 0 Å². The third-order valence-electron chi connectivity index (χ3n) is 3.89. The van der Waals surface area contributed by atoms with Crippen molar-refractivity contribution in [3.8, 4) is 0 Å². The standard InChI is InChI=1S/C14H24N2O3/c17-8-4-13-3-1-2-7-16(13)14(18)15-11-12-5-9-19-10-6-12/h11,13,17H,1-10H2,(H,15,18). The van der Waals surface area contributed by atoms with Gasteiger partial charge in [0.2, 0.25) is 0 Å². The van der Waals surface area contributed by atoms with E-state index in [1.165, 1.54) is 5.57 Å². The zero-order valence-electron chi connectivity index (χ0n) is 11.4. The van der Waals surface area contributed by atoms with Crippen molar-refractivity contribution in [2.24, 2.45) is 0 Å². The van der Waals surface area contributed by atoms with E-state index in [1.54, 1.807) is 0 Å². The minimum atomic E-state index is -0.0304. The molecule has 2 N–H and O–H groups in total. The summed E-state index contributed by atoms with van der Waals surface area (Å²) in [7, 11) is 0. The van der Waals surface area contributed by atoms with Gasteiger partial charge in [-0.05, 0) is 44.1 Å². The molecule has 0 aliphatic carbocycles. The summed E-state index contributed by atoms with van der Waals surface area (Å²) < 4.78 is 5.28. The number of amides is 2. The van der Waals surface area contributed by atoms with E-state index in [2.05, 4.69) is 5.32 Å². The number of piperidine rings is 1. The van der Waals surface area contributed by atoms with Crippen LogP contribution in [0.5, 0.6) is 0 Å². The van der Waals surface area contributed by atoms with Gasteiger partial charge in [0.1, 0.15) is 0 Å². The molecule has 2 amide bonds. The Morgan fingerprint density at radius 3 is 2.95 bits per heavy atom. The van der Waals surface area contributed by atoms with Gasteiger partial charge in [-0.1, -0.05) is 0 Å². The molecule has 5 heteroatoms. The Morgan fingerprint density at radius 2 is 2.21 bits per heavy atom. The molecule has 0 radical (unpaired) electrons. The number of rotatable bonds is 3. The molecule has 0 aromatic rings. The van der Waals surface area contributed by atoms with Crippen molar-refractivity contribution >= 4 is 6.03 Å². The fraction of sp³-hybridized carbons (Fsp3) is 0.786. The smallest absolute Gasteiger partial charge is 0.321 e. The van der Waals surface area contributed by atoms with Gasteiger partial charge in [0.05, 0.1) is 13.2 Å². The lowest BCUT2D eigenvalue weighted by molar-refractivity contribution is 0.118. The second-order valence-electron chi connectivity index (χ2n) is 5.22. The summed E-state index contributed by atoms with van der Waals surface area (Å²) >= 11 is 0. The Hall–Kier alpha value is -1.07. The minimum absolute atomic E-state index is 0.0304. The van der Waals surface area contributed by atoms with E-state index in [4.69, 9.17) is 9.84 Å². The van der Waals surface area contributed by atoms with E-state index in [0.717, 1.165) is 51.9 Å². The Morgan fingerprint density at radius 1 is 1.42 bits per heavy atom. The van der Waals surface area contributed by atoms with Gasteiger partial charge in [-0.15, -0.1) is 0 Å². The third kappa shape index (κ3) is 4.21. The first-order chi connectivity index (χ1) is 9.31. The molecule has 2 fully saturated rings. The summed E-state index contributed by atoms with van der Waals surface area (Å²) in [6.07, 6.45) is 7.53. The third-order valence-corrected chi connectivity index (χ3v) is 3.89. The number of nitrogens with zero attached hydrogens (tertiary/aromatic N) is 1. The number of aliphatic hydroxyl groups excluding tert-OH is 1. The highest BCUT2D eigenvalue weighted by molar-refractivity contribution is 5.75. The lowest BCUT2D eigenvalue weighted by atomic mass is 10.0. The Labute approximate surface area is 114 Å². The van der Waals surface area contributed by atoms with Crippen LogP contribution in [-0.2, 0) is 4.74 Å². The van der Waals surface area contributed by atoms with Crippen molar-refractivity contribution in [3.05, 3.63) is 11.8 Å². The van der Waals surface area contributed by atoms with Crippen molar-refractivity contribution < 1.29 is 14.6 Å². The molecule has 2 aliphatic heterocycles. The monoisotopic (exact) mass is 268 g/mol. The van der Waals surface area contributed by atoms with E-state index in [0.29, 0.717) is 6.42 Å². The number of carbonyl (C=O) groups excluding carboxylic acids is 1. The van der Waals surface area contributed by atoms with Gasteiger partial charge in [-0.2, -0.15) is 0 Å². The maximum atomic E-state index is 12.2. The topological polar surface area (TPSA) is 61.8 Å². The zero-order chi connectivity index (χ0) is 13.5. The number of ether oxygens (including phenoxy) is 1. The zero-order valence-corrected chi connectivity index (χ0v) is 11.4. The molecule has 2 saturated heterocycles. The summed E-state index contributed by atoms with van der Waals surface area (Å²) in [5.41, 5.74) is 1.25. The molecule has 0 aromatic heterocycles. The van der Waals surface area contributed by atoms with Crippen LogP contribution in [-0.4, -0.2) is 48.4 Å². The van der Waals surface area contributed by atoms with E-state index >= 15 is 0 Å². The maximum absolute atomic E-state index is 12.2. The van der Waals surface area contributed by atoms with Crippen molar-refractivity contribution in [1.82, 2.24) is 10.2 Å². The molecule has 0 aromatic carbocycles. The normalized spacial score (nSPS) is 24.2. The first kappa shape index (κ1) is 14.3. The molecule has 5 nitrogen and oxygen atoms in total. The molecule has 0 bridgehead atoms. The number of hydrogen-bond acceptors (Lipinski definition) is 3. The largest absolute Gasteiger partial charge is 0.396 e. The molecule has 19 heavy (non-hydrogen) atoms. The van der Waals surface area contributed by atoms with Crippen LogP contribution in [0.3, 0.4) is 0 Å². The Kier molecular flexibility index (Phi) is 5.66. The molecule has 2 aliphatic rings. The average Bonchev–Trinajstić information content (AvgIpc) is 2.47. The quantitative estimate of drug-likeness (QED) is 0.817. The van der Waals surface area contributed by atoms with Gasteiger partial charge < -0.3 is 20.1 Å². The van der Waals surface area contributed by atoms with Gasteiger partial charge in [-0.25, -0.2) is 4.79 Å². The van der Waals surface area contributed by atoms with Crippen LogP contribution in [0, 0.1) is 0 Å². The molecule has 0 spiro atoms. The van der Waals surface area contributed by atoms with E-state index in [1.807, 2.05) is 11.1 Å². The number of likely N-dealkylation sites (tertiary alicyclic amines) is 1.